The molecule has 1 fully saturated rings. The molecule has 1 aromatic carbocycles. The largest absolute Gasteiger partial charge is 0.375 e. The van der Waals surface area contributed by atoms with E-state index in [4.69, 9.17) is 10.5 Å². The third-order valence-electron chi connectivity index (χ3n) is 3.41. The lowest BCUT2D eigenvalue weighted by atomic mass is 10.2. The summed E-state index contributed by atoms with van der Waals surface area (Å²) in [5.41, 5.74) is 6.07. The Labute approximate surface area is 118 Å². The van der Waals surface area contributed by atoms with Crippen molar-refractivity contribution in [2.45, 2.75) is 30.9 Å². The van der Waals surface area contributed by atoms with E-state index in [1.54, 1.807) is 0 Å². The van der Waals surface area contributed by atoms with Crippen LogP contribution in [-0.4, -0.2) is 38.5 Å². The molecular formula is C13H19FN2O3S. The van der Waals surface area contributed by atoms with E-state index in [1.165, 1.54) is 16.4 Å². The third kappa shape index (κ3) is 3.01. The molecule has 0 aromatic heterocycles. The maximum Gasteiger partial charge on any atom is 0.246 e. The Hall–Kier alpha value is -1.02. The maximum atomic E-state index is 13.9. The van der Waals surface area contributed by atoms with Crippen molar-refractivity contribution in [1.29, 1.82) is 0 Å². The summed E-state index contributed by atoms with van der Waals surface area (Å²) in [5.74, 6) is -0.748. The minimum absolute atomic E-state index is 0.140. The standard InChI is InChI=1S/C13H19FN2O3S/c1-2-11-9-16(5-6-19-11)20(17,18)13-7-10(8-15)3-4-12(13)14/h3-4,7,11H,2,5-6,8-9,15H2,1H3. The fourth-order valence-electron chi connectivity index (χ4n) is 2.17. The zero-order valence-electron chi connectivity index (χ0n) is 11.4. The van der Waals surface area contributed by atoms with Crippen molar-refractivity contribution in [2.24, 2.45) is 5.73 Å². The van der Waals surface area contributed by atoms with Gasteiger partial charge in [0.15, 0.2) is 0 Å². The van der Waals surface area contributed by atoms with Gasteiger partial charge in [-0.15, -0.1) is 0 Å². The molecule has 0 spiro atoms. The van der Waals surface area contributed by atoms with Crippen LogP contribution in [0.3, 0.4) is 0 Å². The van der Waals surface area contributed by atoms with Crippen LogP contribution < -0.4 is 5.73 Å². The summed E-state index contributed by atoms with van der Waals surface area (Å²) in [7, 11) is -3.85. The van der Waals surface area contributed by atoms with Gasteiger partial charge in [-0.3, -0.25) is 0 Å². The van der Waals surface area contributed by atoms with Gasteiger partial charge in [-0.1, -0.05) is 13.0 Å². The van der Waals surface area contributed by atoms with Gasteiger partial charge in [-0.2, -0.15) is 4.31 Å². The number of nitrogens with zero attached hydrogens (tertiary/aromatic N) is 1. The summed E-state index contributed by atoms with van der Waals surface area (Å²) in [4.78, 5) is -0.308. The molecule has 1 saturated heterocycles. The Bertz CT molecular complexity index is 577. The van der Waals surface area contributed by atoms with Crippen LogP contribution in [0.5, 0.6) is 0 Å². The van der Waals surface area contributed by atoms with E-state index >= 15 is 0 Å². The maximum absolute atomic E-state index is 13.9. The zero-order chi connectivity index (χ0) is 14.8. The van der Waals surface area contributed by atoms with E-state index < -0.39 is 15.8 Å². The van der Waals surface area contributed by atoms with E-state index in [9.17, 15) is 12.8 Å². The van der Waals surface area contributed by atoms with Crippen molar-refractivity contribution in [1.82, 2.24) is 4.31 Å². The second-order valence-electron chi connectivity index (χ2n) is 4.73. The molecule has 112 valence electrons. The number of morpholine rings is 1. The Morgan fingerprint density at radius 3 is 2.90 bits per heavy atom. The molecule has 1 aliphatic rings. The van der Waals surface area contributed by atoms with Crippen LogP contribution in [-0.2, 0) is 21.3 Å². The van der Waals surface area contributed by atoms with Crippen molar-refractivity contribution in [2.75, 3.05) is 19.7 Å². The highest BCUT2D eigenvalue weighted by atomic mass is 32.2. The number of hydrogen-bond acceptors (Lipinski definition) is 4. The Morgan fingerprint density at radius 1 is 1.50 bits per heavy atom. The summed E-state index contributed by atoms with van der Waals surface area (Å²) in [5, 5.41) is 0. The zero-order valence-corrected chi connectivity index (χ0v) is 12.2. The number of sulfonamides is 1. The van der Waals surface area contributed by atoms with Gasteiger partial charge in [-0.25, -0.2) is 12.8 Å². The molecular weight excluding hydrogens is 283 g/mol. The molecule has 7 heteroatoms. The van der Waals surface area contributed by atoms with Crippen molar-refractivity contribution in [3.05, 3.63) is 29.6 Å². The smallest absolute Gasteiger partial charge is 0.246 e. The highest BCUT2D eigenvalue weighted by molar-refractivity contribution is 7.89. The fraction of sp³-hybridized carbons (Fsp3) is 0.538. The fourth-order valence-corrected chi connectivity index (χ4v) is 3.74. The first kappa shape index (κ1) is 15.4. The van der Waals surface area contributed by atoms with Crippen LogP contribution in [0.25, 0.3) is 0 Å². The highest BCUT2D eigenvalue weighted by Crippen LogP contribution is 2.23. The lowest BCUT2D eigenvalue weighted by Gasteiger charge is -2.31. The minimum atomic E-state index is -3.85. The van der Waals surface area contributed by atoms with Gasteiger partial charge in [0, 0.05) is 19.6 Å². The molecule has 2 rings (SSSR count). The van der Waals surface area contributed by atoms with Gasteiger partial charge in [0.1, 0.15) is 10.7 Å². The van der Waals surface area contributed by atoms with Gasteiger partial charge in [-0.05, 0) is 24.1 Å². The highest BCUT2D eigenvalue weighted by Gasteiger charge is 2.32. The van der Waals surface area contributed by atoms with E-state index in [0.29, 0.717) is 12.2 Å². The molecule has 20 heavy (non-hydrogen) atoms. The number of hydrogen-bond donors (Lipinski definition) is 1. The quantitative estimate of drug-likeness (QED) is 0.903. The van der Waals surface area contributed by atoms with E-state index in [0.717, 1.165) is 12.5 Å². The number of ether oxygens (including phenoxy) is 1. The van der Waals surface area contributed by atoms with Crippen molar-refractivity contribution < 1.29 is 17.5 Å². The summed E-state index contributed by atoms with van der Waals surface area (Å²) in [6.45, 7) is 2.92. The lowest BCUT2D eigenvalue weighted by molar-refractivity contribution is -0.00283. The molecule has 1 aromatic rings. The van der Waals surface area contributed by atoms with Gasteiger partial charge >= 0.3 is 0 Å². The molecule has 0 amide bonds. The topological polar surface area (TPSA) is 72.6 Å². The second-order valence-corrected chi connectivity index (χ2v) is 6.64. The second kappa shape index (κ2) is 6.17. The van der Waals surface area contributed by atoms with E-state index in [1.807, 2.05) is 6.92 Å². The number of benzene rings is 1. The average Bonchev–Trinajstić information content (AvgIpc) is 2.47. The summed E-state index contributed by atoms with van der Waals surface area (Å²) in [6.07, 6.45) is 0.580. The minimum Gasteiger partial charge on any atom is -0.375 e. The van der Waals surface area contributed by atoms with Gasteiger partial charge in [0.25, 0.3) is 0 Å². The molecule has 5 nitrogen and oxygen atoms in total. The summed E-state index contributed by atoms with van der Waals surface area (Å²) >= 11 is 0. The number of halogens is 1. The molecule has 0 aliphatic carbocycles. The van der Waals surface area contributed by atoms with Gasteiger partial charge in [0.2, 0.25) is 10.0 Å². The summed E-state index contributed by atoms with van der Waals surface area (Å²) < 4.78 is 45.6. The molecule has 1 heterocycles. The number of rotatable bonds is 4. The predicted octanol–water partition coefficient (Wildman–Crippen LogP) is 1.08. The normalized spacial score (nSPS) is 21.1. The lowest BCUT2D eigenvalue weighted by Crippen LogP contribution is -2.45. The van der Waals surface area contributed by atoms with Crippen molar-refractivity contribution in [3.8, 4) is 0 Å². The van der Waals surface area contributed by atoms with E-state index in [-0.39, 0.29) is 30.6 Å². The van der Waals surface area contributed by atoms with Crippen LogP contribution in [0.15, 0.2) is 23.1 Å². The molecule has 0 radical (unpaired) electrons. The van der Waals surface area contributed by atoms with E-state index in [2.05, 4.69) is 0 Å². The molecule has 1 atom stereocenters. The number of nitrogens with two attached hydrogens (primary N) is 1. The average molecular weight is 302 g/mol. The first-order valence-corrected chi connectivity index (χ1v) is 8.03. The van der Waals surface area contributed by atoms with Crippen molar-refractivity contribution >= 4 is 10.0 Å². The third-order valence-corrected chi connectivity index (χ3v) is 5.29. The molecule has 2 N–H and O–H groups in total. The first-order valence-electron chi connectivity index (χ1n) is 6.59. The molecule has 0 saturated carbocycles. The van der Waals surface area contributed by atoms with Crippen LogP contribution in [0, 0.1) is 5.82 Å². The predicted molar refractivity (Wildman–Crippen MR) is 73.1 cm³/mol. The molecule has 1 unspecified atom stereocenters. The Kier molecular flexibility index (Phi) is 4.74. The Morgan fingerprint density at radius 2 is 2.25 bits per heavy atom. The SMILES string of the molecule is CCC1CN(S(=O)(=O)c2cc(CN)ccc2F)CCO1. The molecule has 1 aliphatic heterocycles. The van der Waals surface area contributed by atoms with Crippen LogP contribution in [0.2, 0.25) is 0 Å². The first-order chi connectivity index (χ1) is 9.48. The Balaban J connectivity index is 2.34. The van der Waals surface area contributed by atoms with Crippen LogP contribution in [0.1, 0.15) is 18.9 Å². The van der Waals surface area contributed by atoms with Gasteiger partial charge < -0.3 is 10.5 Å². The monoisotopic (exact) mass is 302 g/mol. The molecule has 0 bridgehead atoms. The van der Waals surface area contributed by atoms with Gasteiger partial charge in [0.05, 0.1) is 12.7 Å². The van der Waals surface area contributed by atoms with Crippen molar-refractivity contribution in [3.63, 3.8) is 0 Å². The summed E-state index contributed by atoms with van der Waals surface area (Å²) in [6, 6.07) is 3.94. The van der Waals surface area contributed by atoms with Crippen LogP contribution in [0.4, 0.5) is 4.39 Å². The van der Waals surface area contributed by atoms with Crippen LogP contribution >= 0.6 is 0 Å².